The zero-order valence-electron chi connectivity index (χ0n) is 11.5. The van der Waals surface area contributed by atoms with Gasteiger partial charge in [0, 0.05) is 46.0 Å². The molecular weight excluding hydrogens is 240 g/mol. The van der Waals surface area contributed by atoms with Crippen molar-refractivity contribution in [2.45, 2.75) is 0 Å². The molecule has 0 radical (unpaired) electrons. The fourth-order valence-electron chi connectivity index (χ4n) is 2.04. The molecule has 1 aliphatic rings. The predicted octanol–water partition coefficient (Wildman–Crippen LogP) is 1.52. The van der Waals surface area contributed by atoms with Crippen LogP contribution >= 0.6 is 0 Å². The zero-order chi connectivity index (χ0) is 13.7. The Morgan fingerprint density at radius 1 is 1.16 bits per heavy atom. The second kappa shape index (κ2) is 6.22. The van der Waals surface area contributed by atoms with E-state index in [9.17, 15) is 4.79 Å². The van der Waals surface area contributed by atoms with E-state index in [2.05, 4.69) is 22.0 Å². The van der Waals surface area contributed by atoms with Crippen molar-refractivity contribution < 1.29 is 4.79 Å². The molecule has 1 aliphatic heterocycles. The van der Waals surface area contributed by atoms with Gasteiger partial charge in [0.15, 0.2) is 0 Å². The molecule has 0 bridgehead atoms. The SMILES string of the molecule is CN(C)C=NC(=O)N1CCN(c2ccccc2)CC1. The van der Waals surface area contributed by atoms with Crippen molar-refractivity contribution in [3.8, 4) is 0 Å². The molecule has 2 amide bonds. The highest BCUT2D eigenvalue weighted by atomic mass is 16.2. The molecule has 1 aromatic rings. The molecule has 2 rings (SSSR count). The van der Waals surface area contributed by atoms with Crippen LogP contribution in [-0.4, -0.2) is 62.4 Å². The Morgan fingerprint density at radius 3 is 2.37 bits per heavy atom. The molecule has 1 aromatic carbocycles. The quantitative estimate of drug-likeness (QED) is 0.598. The number of nitrogens with zero attached hydrogens (tertiary/aromatic N) is 4. The number of hydrogen-bond donors (Lipinski definition) is 0. The van der Waals surface area contributed by atoms with E-state index in [-0.39, 0.29) is 6.03 Å². The molecule has 0 saturated carbocycles. The highest BCUT2D eigenvalue weighted by molar-refractivity contribution is 5.83. The number of piperazine rings is 1. The lowest BCUT2D eigenvalue weighted by molar-refractivity contribution is 0.204. The standard InChI is InChI=1S/C14H20N4O/c1-16(2)12-15-14(19)18-10-8-17(9-11-18)13-6-4-3-5-7-13/h3-7,12H,8-11H2,1-2H3. The molecule has 102 valence electrons. The van der Waals surface area contributed by atoms with Crippen LogP contribution in [0.1, 0.15) is 0 Å². The second-order valence-corrected chi connectivity index (χ2v) is 4.80. The largest absolute Gasteiger partial charge is 0.369 e. The van der Waals surface area contributed by atoms with Crippen LogP contribution in [0.5, 0.6) is 0 Å². The summed E-state index contributed by atoms with van der Waals surface area (Å²) in [4.78, 5) is 21.6. The molecule has 0 unspecified atom stereocenters. The number of benzene rings is 1. The number of urea groups is 1. The Kier molecular flexibility index (Phi) is 4.39. The number of amides is 2. The average molecular weight is 260 g/mol. The van der Waals surface area contributed by atoms with Crippen molar-refractivity contribution in [2.75, 3.05) is 45.2 Å². The third kappa shape index (κ3) is 3.71. The Morgan fingerprint density at radius 2 is 1.79 bits per heavy atom. The van der Waals surface area contributed by atoms with Gasteiger partial charge in [0.2, 0.25) is 0 Å². The normalized spacial score (nSPS) is 15.9. The van der Waals surface area contributed by atoms with Crippen LogP contribution in [0.3, 0.4) is 0 Å². The fourth-order valence-corrected chi connectivity index (χ4v) is 2.04. The van der Waals surface area contributed by atoms with Crippen molar-refractivity contribution in [3.05, 3.63) is 30.3 Å². The van der Waals surface area contributed by atoms with Gasteiger partial charge in [0.25, 0.3) is 0 Å². The molecule has 5 heteroatoms. The van der Waals surface area contributed by atoms with Crippen LogP contribution in [0.2, 0.25) is 0 Å². The van der Waals surface area contributed by atoms with E-state index in [1.165, 1.54) is 5.69 Å². The van der Waals surface area contributed by atoms with Crippen molar-refractivity contribution >= 4 is 18.1 Å². The monoisotopic (exact) mass is 260 g/mol. The Balaban J connectivity index is 1.87. The maximum absolute atomic E-state index is 11.8. The minimum absolute atomic E-state index is 0.151. The molecule has 1 heterocycles. The molecule has 19 heavy (non-hydrogen) atoms. The minimum Gasteiger partial charge on any atom is -0.369 e. The number of aliphatic imine (C=N–C) groups is 1. The molecule has 0 spiro atoms. The van der Waals surface area contributed by atoms with E-state index in [0.29, 0.717) is 0 Å². The number of para-hydroxylation sites is 1. The van der Waals surface area contributed by atoms with Crippen LogP contribution in [0.25, 0.3) is 0 Å². The highest BCUT2D eigenvalue weighted by Crippen LogP contribution is 2.15. The van der Waals surface area contributed by atoms with E-state index >= 15 is 0 Å². The molecular formula is C14H20N4O. The van der Waals surface area contributed by atoms with E-state index in [1.807, 2.05) is 32.3 Å². The van der Waals surface area contributed by atoms with Crippen molar-refractivity contribution in [1.29, 1.82) is 0 Å². The maximum Gasteiger partial charge on any atom is 0.345 e. The number of carbonyl (C=O) groups is 1. The van der Waals surface area contributed by atoms with E-state index in [0.717, 1.165) is 26.2 Å². The van der Waals surface area contributed by atoms with Gasteiger partial charge >= 0.3 is 6.03 Å². The number of anilines is 1. The second-order valence-electron chi connectivity index (χ2n) is 4.80. The van der Waals surface area contributed by atoms with Gasteiger partial charge in [-0.05, 0) is 12.1 Å². The van der Waals surface area contributed by atoms with Gasteiger partial charge in [-0.1, -0.05) is 18.2 Å². The first kappa shape index (κ1) is 13.4. The smallest absolute Gasteiger partial charge is 0.345 e. The van der Waals surface area contributed by atoms with Crippen LogP contribution in [-0.2, 0) is 0 Å². The van der Waals surface area contributed by atoms with Gasteiger partial charge in [-0.2, -0.15) is 4.99 Å². The Labute approximate surface area is 114 Å². The molecule has 1 saturated heterocycles. The molecule has 5 nitrogen and oxygen atoms in total. The summed E-state index contributed by atoms with van der Waals surface area (Å²) in [7, 11) is 3.70. The van der Waals surface area contributed by atoms with E-state index < -0.39 is 0 Å². The van der Waals surface area contributed by atoms with Crippen LogP contribution < -0.4 is 4.90 Å². The molecule has 0 atom stereocenters. The van der Waals surface area contributed by atoms with E-state index in [1.54, 1.807) is 16.1 Å². The van der Waals surface area contributed by atoms with Gasteiger partial charge in [0.1, 0.15) is 0 Å². The fraction of sp³-hybridized carbons (Fsp3) is 0.429. The first-order valence-corrected chi connectivity index (χ1v) is 6.46. The summed E-state index contributed by atoms with van der Waals surface area (Å²) < 4.78 is 0. The predicted molar refractivity (Wildman–Crippen MR) is 77.8 cm³/mol. The lowest BCUT2D eigenvalue weighted by atomic mass is 10.2. The number of rotatable bonds is 2. The van der Waals surface area contributed by atoms with Gasteiger partial charge in [-0.25, -0.2) is 4.79 Å². The Hall–Kier alpha value is -2.04. The molecule has 0 aliphatic carbocycles. The van der Waals surface area contributed by atoms with Gasteiger partial charge < -0.3 is 14.7 Å². The molecule has 0 aromatic heterocycles. The Bertz CT molecular complexity index is 436. The lowest BCUT2D eigenvalue weighted by Gasteiger charge is -2.35. The van der Waals surface area contributed by atoms with Crippen LogP contribution in [0.15, 0.2) is 35.3 Å². The molecule has 0 N–H and O–H groups in total. The third-order valence-corrected chi connectivity index (χ3v) is 3.07. The van der Waals surface area contributed by atoms with Crippen molar-refractivity contribution in [1.82, 2.24) is 9.80 Å². The first-order valence-electron chi connectivity index (χ1n) is 6.46. The zero-order valence-corrected chi connectivity index (χ0v) is 11.5. The highest BCUT2D eigenvalue weighted by Gasteiger charge is 2.20. The maximum atomic E-state index is 11.8. The third-order valence-electron chi connectivity index (χ3n) is 3.07. The van der Waals surface area contributed by atoms with Gasteiger partial charge in [-0.15, -0.1) is 0 Å². The number of hydrogen-bond acceptors (Lipinski definition) is 2. The average Bonchev–Trinajstić information content (AvgIpc) is 2.46. The van der Waals surface area contributed by atoms with Crippen LogP contribution in [0.4, 0.5) is 10.5 Å². The number of carbonyl (C=O) groups excluding carboxylic acids is 1. The summed E-state index contributed by atoms with van der Waals surface area (Å²) in [5.74, 6) is 0. The summed E-state index contributed by atoms with van der Waals surface area (Å²) in [5, 5.41) is 0. The first-order chi connectivity index (χ1) is 9.16. The van der Waals surface area contributed by atoms with E-state index in [4.69, 9.17) is 0 Å². The minimum atomic E-state index is -0.151. The topological polar surface area (TPSA) is 39.2 Å². The van der Waals surface area contributed by atoms with Crippen LogP contribution in [0, 0.1) is 0 Å². The summed E-state index contributed by atoms with van der Waals surface area (Å²) in [5.41, 5.74) is 1.21. The van der Waals surface area contributed by atoms with Crippen molar-refractivity contribution in [2.24, 2.45) is 4.99 Å². The van der Waals surface area contributed by atoms with Crippen molar-refractivity contribution in [3.63, 3.8) is 0 Å². The summed E-state index contributed by atoms with van der Waals surface area (Å²) in [6.45, 7) is 3.15. The van der Waals surface area contributed by atoms with Gasteiger partial charge in [0.05, 0.1) is 6.34 Å². The summed E-state index contributed by atoms with van der Waals surface area (Å²) in [6, 6.07) is 10.1. The summed E-state index contributed by atoms with van der Waals surface area (Å²) in [6.07, 6.45) is 1.55. The van der Waals surface area contributed by atoms with Gasteiger partial charge in [-0.3, -0.25) is 0 Å². The molecule has 1 fully saturated rings. The summed E-state index contributed by atoms with van der Waals surface area (Å²) >= 11 is 0. The lowest BCUT2D eigenvalue weighted by Crippen LogP contribution is -2.48.